The second kappa shape index (κ2) is 4.03. The summed E-state index contributed by atoms with van der Waals surface area (Å²) in [5.74, 6) is 0.552. The molecule has 1 aliphatic rings. The summed E-state index contributed by atoms with van der Waals surface area (Å²) >= 11 is 5.96. The molecule has 1 saturated carbocycles. The molecule has 0 spiro atoms. The maximum Gasteiger partial charge on any atom is 0.148 e. The van der Waals surface area contributed by atoms with E-state index in [-0.39, 0.29) is 0 Å². The number of aromatic nitrogens is 4. The Morgan fingerprint density at radius 2 is 2.05 bits per heavy atom. The Morgan fingerprint density at radius 1 is 1.16 bits per heavy atom. The SMILES string of the molecule is Clc1cncc(-c2c(C3CC3)nc3ccccn23)n1. The number of rotatable bonds is 2. The molecule has 4 rings (SSSR count). The summed E-state index contributed by atoms with van der Waals surface area (Å²) < 4.78 is 2.06. The van der Waals surface area contributed by atoms with Crippen LogP contribution in [0, 0.1) is 0 Å². The molecule has 3 aromatic rings. The van der Waals surface area contributed by atoms with Crippen molar-refractivity contribution < 1.29 is 0 Å². The van der Waals surface area contributed by atoms with Crippen LogP contribution in [0.1, 0.15) is 24.5 Å². The molecule has 0 aliphatic heterocycles. The zero-order chi connectivity index (χ0) is 12.8. The molecule has 0 bridgehead atoms. The molecule has 0 N–H and O–H groups in total. The molecule has 94 valence electrons. The normalized spacial score (nSPS) is 15.0. The number of pyridine rings is 1. The van der Waals surface area contributed by atoms with Crippen LogP contribution in [0.15, 0.2) is 36.8 Å². The average Bonchev–Trinajstić information content (AvgIpc) is 3.19. The topological polar surface area (TPSA) is 43.1 Å². The smallest absolute Gasteiger partial charge is 0.148 e. The molecule has 19 heavy (non-hydrogen) atoms. The van der Waals surface area contributed by atoms with Gasteiger partial charge < -0.3 is 0 Å². The molecule has 0 unspecified atom stereocenters. The third-order valence-electron chi connectivity index (χ3n) is 3.37. The van der Waals surface area contributed by atoms with E-state index in [0.717, 1.165) is 22.7 Å². The van der Waals surface area contributed by atoms with Crippen molar-refractivity contribution in [3.05, 3.63) is 47.6 Å². The Balaban J connectivity index is 2.03. The van der Waals surface area contributed by atoms with Gasteiger partial charge in [0.2, 0.25) is 0 Å². The summed E-state index contributed by atoms with van der Waals surface area (Å²) in [6.07, 6.45) is 7.70. The van der Waals surface area contributed by atoms with Crippen LogP contribution in [-0.2, 0) is 0 Å². The van der Waals surface area contributed by atoms with Crippen molar-refractivity contribution in [2.45, 2.75) is 18.8 Å². The predicted octanol–water partition coefficient (Wildman–Crippen LogP) is 3.32. The minimum atomic E-state index is 0.408. The third kappa shape index (κ3) is 1.79. The van der Waals surface area contributed by atoms with Crippen LogP contribution in [0.2, 0.25) is 5.15 Å². The van der Waals surface area contributed by atoms with Crippen molar-refractivity contribution in [3.63, 3.8) is 0 Å². The van der Waals surface area contributed by atoms with Crippen LogP contribution < -0.4 is 0 Å². The lowest BCUT2D eigenvalue weighted by molar-refractivity contribution is 1.05. The van der Waals surface area contributed by atoms with Crippen molar-refractivity contribution in [3.8, 4) is 11.4 Å². The number of imidazole rings is 1. The van der Waals surface area contributed by atoms with Crippen LogP contribution in [0.25, 0.3) is 17.0 Å². The summed E-state index contributed by atoms with van der Waals surface area (Å²) in [7, 11) is 0. The molecule has 0 atom stereocenters. The molecule has 0 amide bonds. The summed E-state index contributed by atoms with van der Waals surface area (Å²) in [4.78, 5) is 13.2. The highest BCUT2D eigenvalue weighted by molar-refractivity contribution is 6.29. The van der Waals surface area contributed by atoms with Crippen molar-refractivity contribution in [1.82, 2.24) is 19.4 Å². The van der Waals surface area contributed by atoms with Gasteiger partial charge in [0.1, 0.15) is 16.5 Å². The maximum atomic E-state index is 5.96. The Bertz CT molecular complexity index is 761. The second-order valence-corrected chi connectivity index (χ2v) is 5.16. The first-order valence-electron chi connectivity index (χ1n) is 6.28. The van der Waals surface area contributed by atoms with Crippen molar-refractivity contribution in [1.29, 1.82) is 0 Å². The second-order valence-electron chi connectivity index (χ2n) is 4.78. The van der Waals surface area contributed by atoms with Gasteiger partial charge in [-0.05, 0) is 25.0 Å². The van der Waals surface area contributed by atoms with E-state index < -0.39 is 0 Å². The fourth-order valence-electron chi connectivity index (χ4n) is 2.37. The van der Waals surface area contributed by atoms with Gasteiger partial charge in [-0.3, -0.25) is 9.38 Å². The fraction of sp³-hybridized carbons (Fsp3) is 0.214. The first-order valence-corrected chi connectivity index (χ1v) is 6.65. The van der Waals surface area contributed by atoms with Crippen LogP contribution in [-0.4, -0.2) is 19.4 Å². The third-order valence-corrected chi connectivity index (χ3v) is 3.55. The summed E-state index contributed by atoms with van der Waals surface area (Å²) in [5, 5.41) is 0.408. The number of hydrogen-bond donors (Lipinski definition) is 0. The minimum absolute atomic E-state index is 0.408. The van der Waals surface area contributed by atoms with Crippen LogP contribution in [0.4, 0.5) is 0 Å². The van der Waals surface area contributed by atoms with Crippen LogP contribution in [0.5, 0.6) is 0 Å². The van der Waals surface area contributed by atoms with Gasteiger partial charge in [0, 0.05) is 12.1 Å². The van der Waals surface area contributed by atoms with Gasteiger partial charge in [-0.25, -0.2) is 9.97 Å². The number of halogens is 1. The zero-order valence-electron chi connectivity index (χ0n) is 10.1. The first-order chi connectivity index (χ1) is 9.33. The van der Waals surface area contributed by atoms with Gasteiger partial charge in [-0.15, -0.1) is 0 Å². The van der Waals surface area contributed by atoms with E-state index in [4.69, 9.17) is 16.6 Å². The van der Waals surface area contributed by atoms with E-state index in [9.17, 15) is 0 Å². The Labute approximate surface area is 115 Å². The Kier molecular flexibility index (Phi) is 2.32. The van der Waals surface area contributed by atoms with Crippen LogP contribution in [0.3, 0.4) is 0 Å². The van der Waals surface area contributed by atoms with Gasteiger partial charge in [0.15, 0.2) is 0 Å². The van der Waals surface area contributed by atoms with E-state index in [1.54, 1.807) is 12.4 Å². The molecule has 3 heterocycles. The first kappa shape index (κ1) is 10.9. The van der Waals surface area contributed by atoms with E-state index in [2.05, 4.69) is 14.4 Å². The van der Waals surface area contributed by atoms with Crippen LogP contribution >= 0.6 is 11.6 Å². The summed E-state index contributed by atoms with van der Waals surface area (Å²) in [5.41, 5.74) is 3.87. The van der Waals surface area contributed by atoms with Gasteiger partial charge in [0.05, 0.1) is 23.8 Å². The van der Waals surface area contributed by atoms with E-state index >= 15 is 0 Å². The molecule has 1 fully saturated rings. The zero-order valence-corrected chi connectivity index (χ0v) is 10.9. The molecule has 1 aliphatic carbocycles. The Morgan fingerprint density at radius 3 is 2.84 bits per heavy atom. The number of nitrogens with zero attached hydrogens (tertiary/aromatic N) is 4. The number of fused-ring (bicyclic) bond motifs is 1. The standard InChI is InChI=1S/C14H11ClN4/c15-11-8-16-7-10(17-11)14-13(9-4-5-9)18-12-3-1-2-6-19(12)14/h1-3,6-9H,4-5H2. The highest BCUT2D eigenvalue weighted by Crippen LogP contribution is 2.43. The predicted molar refractivity (Wildman–Crippen MR) is 73.2 cm³/mol. The summed E-state index contributed by atoms with van der Waals surface area (Å²) in [6, 6.07) is 5.99. The van der Waals surface area contributed by atoms with Gasteiger partial charge in [0.25, 0.3) is 0 Å². The van der Waals surface area contributed by atoms with E-state index in [1.165, 1.54) is 12.8 Å². The maximum absolute atomic E-state index is 5.96. The molecule has 0 radical (unpaired) electrons. The Hall–Kier alpha value is -1.94. The lowest BCUT2D eigenvalue weighted by Crippen LogP contribution is -1.94. The van der Waals surface area contributed by atoms with E-state index in [0.29, 0.717) is 11.1 Å². The molecular formula is C14H11ClN4. The monoisotopic (exact) mass is 270 g/mol. The number of hydrogen-bond acceptors (Lipinski definition) is 3. The minimum Gasteiger partial charge on any atom is -0.298 e. The highest BCUT2D eigenvalue weighted by atomic mass is 35.5. The van der Waals surface area contributed by atoms with E-state index in [1.807, 2.05) is 24.4 Å². The van der Waals surface area contributed by atoms with Crippen molar-refractivity contribution in [2.24, 2.45) is 0 Å². The molecule has 4 nitrogen and oxygen atoms in total. The average molecular weight is 271 g/mol. The molecule has 0 aromatic carbocycles. The summed E-state index contributed by atoms with van der Waals surface area (Å²) in [6.45, 7) is 0. The fourth-order valence-corrected chi connectivity index (χ4v) is 2.51. The van der Waals surface area contributed by atoms with Gasteiger partial charge >= 0.3 is 0 Å². The highest BCUT2D eigenvalue weighted by Gasteiger charge is 2.31. The van der Waals surface area contributed by atoms with Gasteiger partial charge in [-0.2, -0.15) is 0 Å². The van der Waals surface area contributed by atoms with Crippen molar-refractivity contribution in [2.75, 3.05) is 0 Å². The molecule has 0 saturated heterocycles. The lowest BCUT2D eigenvalue weighted by atomic mass is 10.2. The molecule has 5 heteroatoms. The molecular weight excluding hydrogens is 260 g/mol. The lowest BCUT2D eigenvalue weighted by Gasteiger charge is -2.03. The van der Waals surface area contributed by atoms with Gasteiger partial charge in [-0.1, -0.05) is 17.7 Å². The molecule has 3 aromatic heterocycles. The van der Waals surface area contributed by atoms with Crippen molar-refractivity contribution >= 4 is 17.2 Å². The largest absolute Gasteiger partial charge is 0.298 e. The quantitative estimate of drug-likeness (QED) is 0.717.